The number of aromatic nitrogens is 4. The third kappa shape index (κ3) is 3.16. The maximum Gasteiger partial charge on any atom is 0.211 e. The average molecular weight is 338 g/mol. The number of fused-ring (bicyclic) bond motifs is 1. The highest BCUT2D eigenvalue weighted by Crippen LogP contribution is 2.22. The molecule has 1 fully saturated rings. The molecule has 0 N–H and O–H groups in total. The molecule has 9 heteroatoms. The van der Waals surface area contributed by atoms with Crippen LogP contribution in [-0.2, 0) is 10.0 Å². The van der Waals surface area contributed by atoms with Crippen LogP contribution < -0.4 is 4.90 Å². The largest absolute Gasteiger partial charge is 0.355 e. The van der Waals surface area contributed by atoms with E-state index in [1.165, 1.54) is 6.26 Å². The summed E-state index contributed by atoms with van der Waals surface area (Å²) in [4.78, 5) is 2.19. The Balaban J connectivity index is 1.74. The average Bonchev–Trinajstić information content (AvgIpc) is 2.88. The summed E-state index contributed by atoms with van der Waals surface area (Å²) < 4.78 is 27.0. The van der Waals surface area contributed by atoms with Crippen molar-refractivity contribution in [2.75, 3.05) is 30.8 Å². The van der Waals surface area contributed by atoms with E-state index in [0.717, 1.165) is 43.2 Å². The van der Waals surface area contributed by atoms with E-state index in [1.807, 2.05) is 26.0 Å². The van der Waals surface area contributed by atoms with E-state index in [1.54, 1.807) is 8.82 Å². The van der Waals surface area contributed by atoms with E-state index in [0.29, 0.717) is 6.54 Å². The van der Waals surface area contributed by atoms with Gasteiger partial charge in [-0.25, -0.2) is 8.42 Å². The minimum Gasteiger partial charge on any atom is -0.355 e. The minimum atomic E-state index is -3.15. The summed E-state index contributed by atoms with van der Waals surface area (Å²) in [5.41, 5.74) is 0.732. The van der Waals surface area contributed by atoms with Gasteiger partial charge in [0.15, 0.2) is 11.5 Å². The maximum absolute atomic E-state index is 11.9. The molecule has 1 saturated heterocycles. The Morgan fingerprint density at radius 2 is 1.96 bits per heavy atom. The minimum absolute atomic E-state index is 0.0756. The summed E-state index contributed by atoms with van der Waals surface area (Å²) in [6.45, 7) is 5.85. The van der Waals surface area contributed by atoms with E-state index in [4.69, 9.17) is 0 Å². The molecule has 0 aromatic carbocycles. The van der Waals surface area contributed by atoms with Gasteiger partial charge in [-0.05, 0) is 31.9 Å². The van der Waals surface area contributed by atoms with E-state index < -0.39 is 10.0 Å². The summed E-state index contributed by atoms with van der Waals surface area (Å²) >= 11 is 0. The van der Waals surface area contributed by atoms with Crippen molar-refractivity contribution in [2.45, 2.75) is 32.7 Å². The van der Waals surface area contributed by atoms with Crippen LogP contribution in [0.4, 0.5) is 5.82 Å². The zero-order valence-corrected chi connectivity index (χ0v) is 14.5. The smallest absolute Gasteiger partial charge is 0.211 e. The Hall–Kier alpha value is -1.74. The summed E-state index contributed by atoms with van der Waals surface area (Å²) in [6, 6.07) is 3.92. The molecule has 0 atom stereocenters. The molecule has 2 aromatic rings. The zero-order valence-electron chi connectivity index (χ0n) is 13.7. The van der Waals surface area contributed by atoms with Crippen molar-refractivity contribution >= 4 is 21.5 Å². The lowest BCUT2D eigenvalue weighted by atomic mass is 10.1. The van der Waals surface area contributed by atoms with Crippen LogP contribution in [0.2, 0.25) is 0 Å². The van der Waals surface area contributed by atoms with Gasteiger partial charge in [-0.2, -0.15) is 8.82 Å². The van der Waals surface area contributed by atoms with Crippen LogP contribution in [0.1, 0.15) is 25.6 Å². The van der Waals surface area contributed by atoms with Crippen LogP contribution in [0.25, 0.3) is 5.65 Å². The number of hydrogen-bond acceptors (Lipinski definition) is 6. The topological polar surface area (TPSA) is 83.7 Å². The Kier molecular flexibility index (Phi) is 4.24. The van der Waals surface area contributed by atoms with Crippen LogP contribution in [0, 0.1) is 6.92 Å². The van der Waals surface area contributed by atoms with Crippen LogP contribution in [0.15, 0.2) is 12.1 Å². The van der Waals surface area contributed by atoms with Crippen LogP contribution in [0.5, 0.6) is 0 Å². The van der Waals surface area contributed by atoms with Crippen molar-refractivity contribution in [2.24, 2.45) is 0 Å². The monoisotopic (exact) mass is 338 g/mol. The van der Waals surface area contributed by atoms with Crippen molar-refractivity contribution in [3.05, 3.63) is 18.0 Å². The quantitative estimate of drug-likeness (QED) is 0.815. The molecule has 0 saturated carbocycles. The third-order valence-corrected chi connectivity index (χ3v) is 5.75. The van der Waals surface area contributed by atoms with Gasteiger partial charge in [-0.15, -0.1) is 15.3 Å². The molecule has 1 aliphatic rings. The highest BCUT2D eigenvalue weighted by atomic mass is 32.2. The number of rotatable bonds is 4. The highest BCUT2D eigenvalue weighted by Gasteiger charge is 2.29. The second kappa shape index (κ2) is 6.04. The Morgan fingerprint density at radius 3 is 2.57 bits per heavy atom. The van der Waals surface area contributed by atoms with Crippen molar-refractivity contribution < 1.29 is 8.42 Å². The number of sulfonamides is 1. The summed E-state index contributed by atoms with van der Waals surface area (Å²) in [5, 5.41) is 12.6. The lowest BCUT2D eigenvalue weighted by Crippen LogP contribution is -2.47. The molecule has 0 radical (unpaired) electrons. The van der Waals surface area contributed by atoms with E-state index >= 15 is 0 Å². The molecular formula is C14H22N6O2S. The van der Waals surface area contributed by atoms with Crippen molar-refractivity contribution in [3.8, 4) is 0 Å². The summed E-state index contributed by atoms with van der Waals surface area (Å²) in [6.07, 6.45) is 2.90. The van der Waals surface area contributed by atoms with Gasteiger partial charge in [0.2, 0.25) is 10.0 Å². The molecule has 3 rings (SSSR count). The molecule has 126 valence electrons. The predicted octanol–water partition coefficient (Wildman–Crippen LogP) is 0.683. The Bertz CT molecular complexity index is 795. The normalized spacial score (nSPS) is 17.3. The lowest BCUT2D eigenvalue weighted by molar-refractivity contribution is 0.285. The van der Waals surface area contributed by atoms with Gasteiger partial charge < -0.3 is 4.90 Å². The van der Waals surface area contributed by atoms with Crippen LogP contribution in [0.3, 0.4) is 0 Å². The number of hydrogen-bond donors (Lipinski definition) is 0. The Morgan fingerprint density at radius 1 is 1.26 bits per heavy atom. The number of piperidine rings is 1. The zero-order chi connectivity index (χ0) is 16.6. The fraction of sp³-hybridized carbons (Fsp3) is 0.643. The molecule has 0 aliphatic carbocycles. The van der Waals surface area contributed by atoms with E-state index in [-0.39, 0.29) is 6.04 Å². The van der Waals surface area contributed by atoms with Gasteiger partial charge >= 0.3 is 0 Å². The van der Waals surface area contributed by atoms with E-state index in [2.05, 4.69) is 20.2 Å². The molecular weight excluding hydrogens is 316 g/mol. The molecule has 23 heavy (non-hydrogen) atoms. The molecule has 1 aliphatic heterocycles. The number of nitrogens with zero attached hydrogens (tertiary/aromatic N) is 6. The molecule has 0 amide bonds. The lowest BCUT2D eigenvalue weighted by Gasteiger charge is -2.37. The molecule has 0 bridgehead atoms. The maximum atomic E-state index is 11.9. The van der Waals surface area contributed by atoms with Gasteiger partial charge in [0, 0.05) is 25.7 Å². The van der Waals surface area contributed by atoms with E-state index in [9.17, 15) is 8.42 Å². The SMILES string of the molecule is CCN(C1CCN(c2ccc3nnc(C)n3n2)CC1)S(C)(=O)=O. The van der Waals surface area contributed by atoms with Crippen molar-refractivity contribution in [3.63, 3.8) is 0 Å². The highest BCUT2D eigenvalue weighted by molar-refractivity contribution is 7.88. The van der Waals surface area contributed by atoms with Gasteiger partial charge in [0.25, 0.3) is 0 Å². The fourth-order valence-corrected chi connectivity index (χ4v) is 4.42. The third-order valence-electron chi connectivity index (χ3n) is 4.34. The second-order valence-electron chi connectivity index (χ2n) is 5.89. The van der Waals surface area contributed by atoms with Gasteiger partial charge in [0.1, 0.15) is 5.82 Å². The van der Waals surface area contributed by atoms with Gasteiger partial charge in [-0.1, -0.05) is 6.92 Å². The molecule has 2 aromatic heterocycles. The fourth-order valence-electron chi connectivity index (χ4n) is 3.20. The van der Waals surface area contributed by atoms with Gasteiger partial charge in [0.05, 0.1) is 6.26 Å². The molecule has 0 spiro atoms. The second-order valence-corrected chi connectivity index (χ2v) is 7.83. The Labute approximate surface area is 136 Å². The van der Waals surface area contributed by atoms with Crippen LogP contribution in [-0.4, -0.2) is 64.5 Å². The standard InChI is InChI=1S/C14H22N6O2S/c1-4-19(23(3,21)22)12-7-9-18(10-8-12)14-6-5-13-16-15-11(2)20(13)17-14/h5-6,12H,4,7-10H2,1-3H3. The first-order valence-electron chi connectivity index (χ1n) is 7.81. The summed E-state index contributed by atoms with van der Waals surface area (Å²) in [5.74, 6) is 1.63. The van der Waals surface area contributed by atoms with Gasteiger partial charge in [-0.3, -0.25) is 0 Å². The van der Waals surface area contributed by atoms with Crippen molar-refractivity contribution in [1.29, 1.82) is 0 Å². The summed E-state index contributed by atoms with van der Waals surface area (Å²) in [7, 11) is -3.15. The molecule has 0 unspecified atom stereocenters. The first-order valence-corrected chi connectivity index (χ1v) is 9.66. The molecule has 3 heterocycles. The predicted molar refractivity (Wildman–Crippen MR) is 88.0 cm³/mol. The molecule has 8 nitrogen and oxygen atoms in total. The number of aryl methyl sites for hydroxylation is 1. The van der Waals surface area contributed by atoms with Crippen LogP contribution >= 0.6 is 0 Å². The number of anilines is 1. The van der Waals surface area contributed by atoms with Crippen molar-refractivity contribution in [1.82, 2.24) is 24.1 Å². The first kappa shape index (κ1) is 16.1. The first-order chi connectivity index (χ1) is 10.9.